The highest BCUT2D eigenvalue weighted by molar-refractivity contribution is 5.92. The zero-order valence-corrected chi connectivity index (χ0v) is 22.7. The number of amides is 3. The van der Waals surface area contributed by atoms with Crippen LogP contribution in [0, 0.1) is 5.41 Å². The normalized spacial score (nSPS) is 12.4. The predicted octanol–water partition coefficient (Wildman–Crippen LogP) is 0.560. The van der Waals surface area contributed by atoms with Crippen LogP contribution in [0.1, 0.15) is 32.6 Å². The summed E-state index contributed by atoms with van der Waals surface area (Å²) >= 11 is 0. The molecule has 0 aliphatic rings. The van der Waals surface area contributed by atoms with E-state index in [1.807, 2.05) is 7.05 Å². The van der Waals surface area contributed by atoms with E-state index in [1.165, 1.54) is 6.08 Å². The number of carbonyl (C=O) groups excluding carboxylic acids is 3. The molecular formula is C26H48N4O7. The molecule has 3 amide bonds. The number of rotatable bonds is 27. The maximum absolute atomic E-state index is 11.6. The molecule has 0 aromatic rings. The van der Waals surface area contributed by atoms with Gasteiger partial charge in [-0.15, -0.1) is 0 Å². The van der Waals surface area contributed by atoms with Gasteiger partial charge in [0.1, 0.15) is 0 Å². The summed E-state index contributed by atoms with van der Waals surface area (Å²) in [5.41, 5.74) is -0.0691. The fraction of sp³-hybridized carbons (Fsp3) is 0.731. The van der Waals surface area contributed by atoms with Crippen molar-refractivity contribution in [1.82, 2.24) is 21.3 Å². The monoisotopic (exact) mass is 528 g/mol. The second kappa shape index (κ2) is 24.1. The molecule has 214 valence electrons. The minimum Gasteiger partial charge on any atom is -0.381 e. The molecule has 0 radical (unpaired) electrons. The molecule has 11 heteroatoms. The van der Waals surface area contributed by atoms with Crippen molar-refractivity contribution in [3.8, 4) is 0 Å². The average Bonchev–Trinajstić information content (AvgIpc) is 2.89. The smallest absolute Gasteiger partial charge is 0.246 e. The number of hydrogen-bond acceptors (Lipinski definition) is 8. The molecule has 0 bridgehead atoms. The lowest BCUT2D eigenvalue weighted by Gasteiger charge is -2.33. The van der Waals surface area contributed by atoms with Crippen LogP contribution in [0.5, 0.6) is 0 Å². The number of ether oxygens (including phenoxy) is 4. The first-order valence-electron chi connectivity index (χ1n) is 12.9. The molecule has 0 saturated carbocycles. The molecular weight excluding hydrogens is 480 g/mol. The lowest BCUT2D eigenvalue weighted by molar-refractivity contribution is -0.117. The van der Waals surface area contributed by atoms with E-state index in [9.17, 15) is 14.4 Å². The highest BCUT2D eigenvalue weighted by atomic mass is 16.5. The predicted molar refractivity (Wildman–Crippen MR) is 143 cm³/mol. The third-order valence-electron chi connectivity index (χ3n) is 5.13. The molecule has 0 fully saturated rings. The topological polar surface area (TPSA) is 136 Å². The first-order valence-corrected chi connectivity index (χ1v) is 12.9. The van der Waals surface area contributed by atoms with Crippen molar-refractivity contribution in [1.29, 1.82) is 0 Å². The van der Waals surface area contributed by atoms with Gasteiger partial charge in [0.25, 0.3) is 0 Å². The standard InChI is InChI=1S/C26H48N4O7/c1-5-24(32)29-12-8-16-36-20-26(18-34-14-6-10-27-4,19-35-15-7-11-28-22-31)21-37-17-9-13-30-25(33)23(2)3/h5,22,27H,1-2,6-21H2,3-4H3,(H,28,31)(H,29,32)(H,30,33). The Balaban J connectivity index is 4.91. The molecule has 37 heavy (non-hydrogen) atoms. The molecule has 0 aromatic carbocycles. The maximum Gasteiger partial charge on any atom is 0.246 e. The Kier molecular flexibility index (Phi) is 22.5. The van der Waals surface area contributed by atoms with Crippen LogP contribution in [0.4, 0.5) is 0 Å². The van der Waals surface area contributed by atoms with Crippen LogP contribution in [0.3, 0.4) is 0 Å². The van der Waals surface area contributed by atoms with E-state index in [2.05, 4.69) is 34.4 Å². The Hall–Kier alpha value is -2.31. The summed E-state index contributed by atoms with van der Waals surface area (Å²) in [5.74, 6) is -0.380. The highest BCUT2D eigenvalue weighted by Crippen LogP contribution is 2.21. The molecule has 0 rings (SSSR count). The van der Waals surface area contributed by atoms with E-state index in [4.69, 9.17) is 18.9 Å². The van der Waals surface area contributed by atoms with E-state index >= 15 is 0 Å². The van der Waals surface area contributed by atoms with Crippen LogP contribution < -0.4 is 21.3 Å². The quantitative estimate of drug-likeness (QED) is 0.0690. The summed E-state index contributed by atoms with van der Waals surface area (Å²) in [6.07, 6.45) is 4.77. The molecule has 1 unspecified atom stereocenters. The first kappa shape index (κ1) is 34.7. The van der Waals surface area contributed by atoms with E-state index in [0.717, 1.165) is 13.0 Å². The Labute approximate surface area is 222 Å². The van der Waals surface area contributed by atoms with Gasteiger partial charge in [-0.25, -0.2) is 0 Å². The average molecular weight is 529 g/mol. The lowest BCUT2D eigenvalue weighted by Crippen LogP contribution is -2.42. The summed E-state index contributed by atoms with van der Waals surface area (Å²) in [7, 11) is 1.90. The summed E-state index contributed by atoms with van der Waals surface area (Å²) in [6.45, 7) is 14.5. The molecule has 0 aromatic heterocycles. The van der Waals surface area contributed by atoms with Gasteiger partial charge < -0.3 is 40.2 Å². The van der Waals surface area contributed by atoms with Crippen molar-refractivity contribution in [3.05, 3.63) is 24.8 Å². The Morgan fingerprint density at radius 2 is 1.24 bits per heavy atom. The fourth-order valence-corrected chi connectivity index (χ4v) is 3.08. The summed E-state index contributed by atoms with van der Waals surface area (Å²) in [5, 5.41) is 11.2. The van der Waals surface area contributed by atoms with Crippen LogP contribution in [-0.2, 0) is 33.3 Å². The van der Waals surface area contributed by atoms with Gasteiger partial charge in [0.2, 0.25) is 18.2 Å². The van der Waals surface area contributed by atoms with Gasteiger partial charge in [-0.05, 0) is 52.3 Å². The van der Waals surface area contributed by atoms with Gasteiger partial charge in [-0.3, -0.25) is 14.4 Å². The van der Waals surface area contributed by atoms with Gasteiger partial charge in [0.05, 0.1) is 31.8 Å². The third kappa shape index (κ3) is 20.4. The van der Waals surface area contributed by atoms with Crippen LogP contribution >= 0.6 is 0 Å². The Morgan fingerprint density at radius 3 is 1.68 bits per heavy atom. The van der Waals surface area contributed by atoms with Gasteiger partial charge >= 0.3 is 0 Å². The van der Waals surface area contributed by atoms with Crippen molar-refractivity contribution >= 4 is 18.2 Å². The van der Waals surface area contributed by atoms with Crippen LogP contribution in [-0.4, -0.2) is 104 Å². The molecule has 11 nitrogen and oxygen atoms in total. The van der Waals surface area contributed by atoms with Gasteiger partial charge in [0, 0.05) is 51.6 Å². The molecule has 0 saturated heterocycles. The van der Waals surface area contributed by atoms with Crippen LogP contribution in [0.15, 0.2) is 24.8 Å². The third-order valence-corrected chi connectivity index (χ3v) is 5.13. The van der Waals surface area contributed by atoms with Crippen LogP contribution in [0.2, 0.25) is 0 Å². The Bertz CT molecular complexity index is 648. The summed E-state index contributed by atoms with van der Waals surface area (Å²) in [4.78, 5) is 33.4. The van der Waals surface area contributed by atoms with E-state index in [1.54, 1.807) is 6.92 Å². The molecule has 1 atom stereocenters. The van der Waals surface area contributed by atoms with E-state index in [-0.39, 0.29) is 11.8 Å². The van der Waals surface area contributed by atoms with Gasteiger partial charge in [-0.1, -0.05) is 13.2 Å². The van der Waals surface area contributed by atoms with Crippen molar-refractivity contribution in [3.63, 3.8) is 0 Å². The fourth-order valence-electron chi connectivity index (χ4n) is 3.08. The van der Waals surface area contributed by atoms with E-state index < -0.39 is 5.41 Å². The van der Waals surface area contributed by atoms with Crippen molar-refractivity contribution in [2.45, 2.75) is 32.6 Å². The lowest BCUT2D eigenvalue weighted by atomic mass is 9.92. The number of nitrogens with one attached hydrogen (secondary N) is 4. The van der Waals surface area contributed by atoms with Crippen LogP contribution in [0.25, 0.3) is 0 Å². The molecule has 0 aliphatic carbocycles. The summed E-state index contributed by atoms with van der Waals surface area (Å²) in [6, 6.07) is 0. The highest BCUT2D eigenvalue weighted by Gasteiger charge is 2.32. The molecule has 0 spiro atoms. The molecule has 0 heterocycles. The SMILES string of the molecule is C=CC(=O)NCCCOCC(COCCCNC)(COCCCNC=O)COCCCNC(=O)C(=C)C. The van der Waals surface area contributed by atoms with Crippen molar-refractivity contribution < 1.29 is 33.3 Å². The zero-order valence-electron chi connectivity index (χ0n) is 22.7. The number of carbonyl (C=O) groups is 3. The second-order valence-electron chi connectivity index (χ2n) is 8.83. The van der Waals surface area contributed by atoms with Gasteiger partial charge in [-0.2, -0.15) is 0 Å². The molecule has 0 aliphatic heterocycles. The first-order chi connectivity index (χ1) is 17.9. The Morgan fingerprint density at radius 1 is 0.784 bits per heavy atom. The summed E-state index contributed by atoms with van der Waals surface area (Å²) < 4.78 is 23.9. The van der Waals surface area contributed by atoms with Crippen molar-refractivity contribution in [2.75, 3.05) is 86.1 Å². The van der Waals surface area contributed by atoms with Gasteiger partial charge in [0.15, 0.2) is 0 Å². The van der Waals surface area contributed by atoms with E-state index in [0.29, 0.717) is 104 Å². The minimum atomic E-state index is -0.539. The zero-order chi connectivity index (χ0) is 27.6. The van der Waals surface area contributed by atoms with Crippen molar-refractivity contribution in [2.24, 2.45) is 5.41 Å². The molecule has 4 N–H and O–H groups in total. The largest absolute Gasteiger partial charge is 0.381 e. The maximum atomic E-state index is 11.6. The number of hydrogen-bond donors (Lipinski definition) is 4. The second-order valence-corrected chi connectivity index (χ2v) is 8.83. The minimum absolute atomic E-state index is 0.167.